The molecule has 9 heavy (non-hydrogen) atoms. The van der Waals surface area contributed by atoms with Crippen LogP contribution in [-0.2, 0) is 0 Å². The fourth-order valence-corrected chi connectivity index (χ4v) is 0.747. The van der Waals surface area contributed by atoms with Crippen LogP contribution in [-0.4, -0.2) is 12.1 Å². The van der Waals surface area contributed by atoms with Crippen LogP contribution in [0.25, 0.3) is 0 Å². The van der Waals surface area contributed by atoms with Crippen molar-refractivity contribution in [1.82, 2.24) is 5.43 Å². The standard InChI is InChI=1S/C4H2BrF2N2/c5-2-1-8-9-3(2)4(6)7/h1,4H. The van der Waals surface area contributed by atoms with E-state index in [9.17, 15) is 8.78 Å². The second kappa shape index (κ2) is 2.43. The van der Waals surface area contributed by atoms with Crippen molar-refractivity contribution in [2.75, 3.05) is 0 Å². The van der Waals surface area contributed by atoms with Crippen LogP contribution in [0.3, 0.4) is 0 Å². The Hall–Kier alpha value is -0.450. The molecule has 1 heterocycles. The summed E-state index contributed by atoms with van der Waals surface area (Å²) in [6, 6.07) is 0. The summed E-state index contributed by atoms with van der Waals surface area (Å²) in [7, 11) is 0. The van der Waals surface area contributed by atoms with Gasteiger partial charge in [0.2, 0.25) is 0 Å². The molecule has 0 aromatic carbocycles. The SMILES string of the molecule is FC(F)C1=N[N]C=C1Br. The van der Waals surface area contributed by atoms with Crippen LogP contribution in [0, 0.1) is 0 Å². The van der Waals surface area contributed by atoms with Gasteiger partial charge in [-0.2, -0.15) is 5.43 Å². The van der Waals surface area contributed by atoms with Crippen LogP contribution in [0.15, 0.2) is 15.8 Å². The molecule has 0 fully saturated rings. The summed E-state index contributed by atoms with van der Waals surface area (Å²) in [6.07, 6.45) is -1.30. The number of alkyl halides is 2. The van der Waals surface area contributed by atoms with Gasteiger partial charge in [-0.25, -0.2) is 8.78 Å². The molecule has 5 heteroatoms. The number of allylic oxidation sites excluding steroid dienone is 1. The fraction of sp³-hybridized carbons (Fsp3) is 0.250. The van der Waals surface area contributed by atoms with E-state index < -0.39 is 6.43 Å². The lowest BCUT2D eigenvalue weighted by Crippen LogP contribution is -2.07. The lowest BCUT2D eigenvalue weighted by molar-refractivity contribution is 0.226. The molecule has 0 aromatic heterocycles. The first-order valence-corrected chi connectivity index (χ1v) is 2.93. The summed E-state index contributed by atoms with van der Waals surface area (Å²) in [6.45, 7) is 0. The van der Waals surface area contributed by atoms with E-state index in [0.717, 1.165) is 0 Å². The Balaban J connectivity index is 2.72. The number of hydrogen-bond acceptors (Lipinski definition) is 1. The molecule has 0 saturated heterocycles. The lowest BCUT2D eigenvalue weighted by atomic mass is 10.4. The molecule has 0 saturated carbocycles. The first kappa shape index (κ1) is 6.67. The molecule has 1 aliphatic heterocycles. The van der Waals surface area contributed by atoms with Gasteiger partial charge in [-0.05, 0) is 15.9 Å². The van der Waals surface area contributed by atoms with Crippen molar-refractivity contribution in [3.63, 3.8) is 0 Å². The lowest BCUT2D eigenvalue weighted by Gasteiger charge is -1.93. The van der Waals surface area contributed by atoms with Gasteiger partial charge in [0.1, 0.15) is 5.71 Å². The Bertz CT molecular complexity index is 175. The van der Waals surface area contributed by atoms with Gasteiger partial charge < -0.3 is 0 Å². The minimum absolute atomic E-state index is 0.262. The maximum Gasteiger partial charge on any atom is 0.283 e. The Morgan fingerprint density at radius 3 is 2.44 bits per heavy atom. The highest BCUT2D eigenvalue weighted by Crippen LogP contribution is 2.16. The number of rotatable bonds is 1. The first-order chi connectivity index (χ1) is 4.22. The quantitative estimate of drug-likeness (QED) is 0.606. The van der Waals surface area contributed by atoms with Gasteiger partial charge in [-0.15, -0.1) is 5.10 Å². The van der Waals surface area contributed by atoms with Gasteiger partial charge in [-0.1, -0.05) is 0 Å². The highest BCUT2D eigenvalue weighted by molar-refractivity contribution is 9.12. The molecule has 0 aromatic rings. The predicted molar refractivity (Wildman–Crippen MR) is 32.6 cm³/mol. The summed E-state index contributed by atoms with van der Waals surface area (Å²) in [5.74, 6) is 0. The van der Waals surface area contributed by atoms with Crippen LogP contribution < -0.4 is 5.43 Å². The molecule has 0 atom stereocenters. The molecule has 0 unspecified atom stereocenters. The topological polar surface area (TPSA) is 26.5 Å². The van der Waals surface area contributed by atoms with E-state index in [2.05, 4.69) is 26.5 Å². The molecule has 0 N–H and O–H groups in total. The summed E-state index contributed by atoms with van der Waals surface area (Å²) in [4.78, 5) is 0. The van der Waals surface area contributed by atoms with Crippen LogP contribution in [0.1, 0.15) is 0 Å². The molecule has 0 aliphatic carbocycles. The molecule has 0 spiro atoms. The maximum atomic E-state index is 11.7. The van der Waals surface area contributed by atoms with Crippen LogP contribution in [0.2, 0.25) is 0 Å². The second-order valence-corrected chi connectivity index (χ2v) is 2.23. The van der Waals surface area contributed by atoms with E-state index in [1.165, 1.54) is 6.20 Å². The van der Waals surface area contributed by atoms with Crippen molar-refractivity contribution in [2.24, 2.45) is 5.10 Å². The largest absolute Gasteiger partial charge is 0.283 e. The minimum atomic E-state index is -2.54. The zero-order valence-corrected chi connectivity index (χ0v) is 5.77. The van der Waals surface area contributed by atoms with Crippen LogP contribution in [0.4, 0.5) is 8.78 Å². The first-order valence-electron chi connectivity index (χ1n) is 2.13. The molecular formula is C4H2BrF2N2. The zero-order chi connectivity index (χ0) is 6.85. The third kappa shape index (κ3) is 1.27. The zero-order valence-electron chi connectivity index (χ0n) is 4.18. The number of hydrogen-bond donors (Lipinski definition) is 0. The summed E-state index contributed by atoms with van der Waals surface area (Å²) < 4.78 is 23.7. The molecule has 0 amide bonds. The van der Waals surface area contributed by atoms with Crippen molar-refractivity contribution in [2.45, 2.75) is 6.43 Å². The van der Waals surface area contributed by atoms with Gasteiger partial charge in [0.25, 0.3) is 6.43 Å². The summed E-state index contributed by atoms with van der Waals surface area (Å²) in [5, 5.41) is 3.17. The Kier molecular flexibility index (Phi) is 1.80. The van der Waals surface area contributed by atoms with Gasteiger partial charge >= 0.3 is 0 Å². The average molecular weight is 196 g/mol. The molecule has 1 rings (SSSR count). The molecular weight excluding hydrogens is 194 g/mol. The highest BCUT2D eigenvalue weighted by atomic mass is 79.9. The van der Waals surface area contributed by atoms with Gasteiger partial charge in [0.05, 0.1) is 10.7 Å². The summed E-state index contributed by atoms with van der Waals surface area (Å²) in [5.41, 5.74) is 2.97. The number of nitrogens with zero attached hydrogens (tertiary/aromatic N) is 2. The summed E-state index contributed by atoms with van der Waals surface area (Å²) >= 11 is 2.86. The smallest absolute Gasteiger partial charge is 0.203 e. The Morgan fingerprint density at radius 2 is 2.22 bits per heavy atom. The average Bonchev–Trinajstić information content (AvgIpc) is 2.13. The highest BCUT2D eigenvalue weighted by Gasteiger charge is 2.20. The normalized spacial score (nSPS) is 17.3. The molecule has 49 valence electrons. The van der Waals surface area contributed by atoms with E-state index in [4.69, 9.17) is 0 Å². The van der Waals surface area contributed by atoms with Crippen molar-refractivity contribution >= 4 is 21.6 Å². The van der Waals surface area contributed by atoms with Crippen molar-refractivity contribution in [3.05, 3.63) is 10.7 Å². The second-order valence-electron chi connectivity index (χ2n) is 1.38. The predicted octanol–water partition coefficient (Wildman–Crippen LogP) is 1.46. The molecule has 1 aliphatic rings. The van der Waals surface area contributed by atoms with E-state index >= 15 is 0 Å². The monoisotopic (exact) mass is 195 g/mol. The van der Waals surface area contributed by atoms with E-state index in [1.807, 2.05) is 0 Å². The third-order valence-electron chi connectivity index (χ3n) is 0.788. The van der Waals surface area contributed by atoms with Crippen molar-refractivity contribution in [1.29, 1.82) is 0 Å². The van der Waals surface area contributed by atoms with Crippen molar-refractivity contribution < 1.29 is 8.78 Å². The van der Waals surface area contributed by atoms with Gasteiger partial charge in [-0.3, -0.25) is 0 Å². The Morgan fingerprint density at radius 1 is 1.56 bits per heavy atom. The van der Waals surface area contributed by atoms with Crippen LogP contribution >= 0.6 is 15.9 Å². The van der Waals surface area contributed by atoms with E-state index in [0.29, 0.717) is 0 Å². The fourth-order valence-electron chi connectivity index (χ4n) is 0.404. The number of halogens is 3. The molecule has 1 radical (unpaired) electrons. The van der Waals surface area contributed by atoms with E-state index in [-0.39, 0.29) is 10.2 Å². The third-order valence-corrected chi connectivity index (χ3v) is 1.40. The van der Waals surface area contributed by atoms with Crippen LogP contribution in [0.5, 0.6) is 0 Å². The van der Waals surface area contributed by atoms with Gasteiger partial charge in [0, 0.05) is 0 Å². The molecule has 2 nitrogen and oxygen atoms in total. The van der Waals surface area contributed by atoms with E-state index in [1.54, 1.807) is 0 Å². The minimum Gasteiger partial charge on any atom is -0.203 e. The maximum absolute atomic E-state index is 11.7. The molecule has 0 bridgehead atoms. The van der Waals surface area contributed by atoms with Crippen molar-refractivity contribution in [3.8, 4) is 0 Å². The Labute approximate surface area is 58.8 Å². The van der Waals surface area contributed by atoms with Gasteiger partial charge in [0.15, 0.2) is 0 Å².